The average molecular weight is 261 g/mol. The molecule has 1 aromatic carbocycles. The Kier molecular flexibility index (Phi) is 5.41. The van der Waals surface area contributed by atoms with Gasteiger partial charge in [0, 0.05) is 7.11 Å². The molecule has 0 saturated heterocycles. The van der Waals surface area contributed by atoms with Gasteiger partial charge in [-0.1, -0.05) is 43.5 Å². The number of rotatable bonds is 5. The van der Waals surface area contributed by atoms with E-state index in [1.807, 2.05) is 14.2 Å². The molecule has 0 spiro atoms. The van der Waals surface area contributed by atoms with Crippen LogP contribution in [0.25, 0.3) is 0 Å². The second kappa shape index (κ2) is 7.06. The first-order chi connectivity index (χ1) is 9.27. The highest BCUT2D eigenvalue weighted by atomic mass is 16.5. The number of hydrogen-bond donors (Lipinski definition) is 1. The van der Waals surface area contributed by atoms with Crippen LogP contribution in [0.3, 0.4) is 0 Å². The Morgan fingerprint density at radius 3 is 2.42 bits per heavy atom. The molecule has 1 aliphatic carbocycles. The lowest BCUT2D eigenvalue weighted by Gasteiger charge is -2.35. The van der Waals surface area contributed by atoms with Crippen LogP contribution in [0.1, 0.15) is 49.3 Å². The minimum atomic E-state index is 0.284. The molecule has 0 bridgehead atoms. The van der Waals surface area contributed by atoms with Gasteiger partial charge in [-0.3, -0.25) is 0 Å². The molecule has 1 fully saturated rings. The minimum Gasteiger partial charge on any atom is -0.379 e. The zero-order chi connectivity index (χ0) is 13.7. The van der Waals surface area contributed by atoms with Crippen LogP contribution in [0.4, 0.5) is 0 Å². The van der Waals surface area contributed by atoms with Gasteiger partial charge in [0.1, 0.15) is 0 Å². The zero-order valence-electron chi connectivity index (χ0n) is 12.5. The topological polar surface area (TPSA) is 21.3 Å². The molecule has 0 radical (unpaired) electrons. The zero-order valence-corrected chi connectivity index (χ0v) is 12.5. The maximum atomic E-state index is 5.89. The molecular formula is C17H27NO. The molecule has 1 aromatic rings. The molecule has 0 aromatic heterocycles. The van der Waals surface area contributed by atoms with Crippen LogP contribution in [-0.4, -0.2) is 20.3 Å². The molecule has 1 saturated carbocycles. The average Bonchev–Trinajstić information content (AvgIpc) is 2.46. The predicted octanol–water partition coefficient (Wildman–Crippen LogP) is 3.85. The smallest absolute Gasteiger partial charge is 0.0794 e. The summed E-state index contributed by atoms with van der Waals surface area (Å²) >= 11 is 0. The van der Waals surface area contributed by atoms with Crippen LogP contribution >= 0.6 is 0 Å². The molecule has 2 unspecified atom stereocenters. The van der Waals surface area contributed by atoms with Gasteiger partial charge in [0.25, 0.3) is 0 Å². The molecule has 1 aliphatic rings. The third kappa shape index (κ3) is 3.37. The molecule has 2 atom stereocenters. The summed E-state index contributed by atoms with van der Waals surface area (Å²) in [4.78, 5) is 0. The highest BCUT2D eigenvalue weighted by Crippen LogP contribution is 2.34. The Morgan fingerprint density at radius 2 is 1.84 bits per heavy atom. The Bertz CT molecular complexity index is 385. The predicted molar refractivity (Wildman–Crippen MR) is 80.4 cm³/mol. The Balaban J connectivity index is 2.20. The van der Waals surface area contributed by atoms with E-state index >= 15 is 0 Å². The molecular weight excluding hydrogens is 234 g/mol. The van der Waals surface area contributed by atoms with Crippen molar-refractivity contribution in [3.05, 3.63) is 35.4 Å². The van der Waals surface area contributed by atoms with Gasteiger partial charge in [-0.15, -0.1) is 0 Å². The summed E-state index contributed by atoms with van der Waals surface area (Å²) in [6.07, 6.45) is 7.00. The van der Waals surface area contributed by atoms with Gasteiger partial charge in [-0.05, 0) is 43.9 Å². The lowest BCUT2D eigenvalue weighted by Crippen LogP contribution is -2.38. The van der Waals surface area contributed by atoms with E-state index in [1.54, 1.807) is 0 Å². The van der Waals surface area contributed by atoms with Gasteiger partial charge in [0.15, 0.2) is 0 Å². The largest absolute Gasteiger partial charge is 0.379 e. The van der Waals surface area contributed by atoms with Crippen LogP contribution in [-0.2, 0) is 4.74 Å². The molecule has 2 rings (SSSR count). The van der Waals surface area contributed by atoms with Crippen molar-refractivity contribution in [1.82, 2.24) is 5.32 Å². The van der Waals surface area contributed by atoms with Crippen LogP contribution in [0.2, 0.25) is 0 Å². The highest BCUT2D eigenvalue weighted by molar-refractivity contribution is 5.29. The number of ether oxygens (including phenoxy) is 1. The molecule has 2 heteroatoms. The number of likely N-dealkylation sites (N-methyl/N-ethyl adjacent to an activating group) is 1. The van der Waals surface area contributed by atoms with Crippen molar-refractivity contribution in [2.45, 2.75) is 51.2 Å². The van der Waals surface area contributed by atoms with E-state index in [-0.39, 0.29) is 6.10 Å². The van der Waals surface area contributed by atoms with Gasteiger partial charge >= 0.3 is 0 Å². The Labute approximate surface area is 117 Å². The Hall–Kier alpha value is -0.860. The summed E-state index contributed by atoms with van der Waals surface area (Å²) in [6, 6.07) is 8.95. The summed E-state index contributed by atoms with van der Waals surface area (Å²) in [5.74, 6) is 0.691. The van der Waals surface area contributed by atoms with E-state index in [0.717, 1.165) is 0 Å². The van der Waals surface area contributed by atoms with Gasteiger partial charge < -0.3 is 10.1 Å². The van der Waals surface area contributed by atoms with Gasteiger partial charge in [-0.2, -0.15) is 0 Å². The van der Waals surface area contributed by atoms with Gasteiger partial charge in [0.2, 0.25) is 0 Å². The molecule has 0 amide bonds. The van der Waals surface area contributed by atoms with E-state index in [1.165, 1.54) is 43.2 Å². The quantitative estimate of drug-likeness (QED) is 0.869. The number of aryl methyl sites for hydroxylation is 1. The van der Waals surface area contributed by atoms with E-state index in [2.05, 4.69) is 36.5 Å². The fourth-order valence-corrected chi connectivity index (χ4v) is 3.50. The second-order valence-electron chi connectivity index (χ2n) is 5.72. The summed E-state index contributed by atoms with van der Waals surface area (Å²) in [7, 11) is 3.91. The van der Waals surface area contributed by atoms with E-state index in [4.69, 9.17) is 4.74 Å². The van der Waals surface area contributed by atoms with E-state index in [9.17, 15) is 0 Å². The molecule has 2 nitrogen and oxygen atoms in total. The van der Waals surface area contributed by atoms with Gasteiger partial charge in [-0.25, -0.2) is 0 Å². The van der Waals surface area contributed by atoms with Crippen molar-refractivity contribution in [3.8, 4) is 0 Å². The van der Waals surface area contributed by atoms with Crippen molar-refractivity contribution in [1.29, 1.82) is 0 Å². The lowest BCUT2D eigenvalue weighted by atomic mass is 9.80. The van der Waals surface area contributed by atoms with Crippen molar-refractivity contribution in [3.63, 3.8) is 0 Å². The maximum Gasteiger partial charge on any atom is 0.0794 e. The first-order valence-corrected chi connectivity index (χ1v) is 7.53. The first-order valence-electron chi connectivity index (χ1n) is 7.53. The summed E-state index contributed by atoms with van der Waals surface area (Å²) in [5.41, 5.74) is 2.72. The number of methoxy groups -OCH3 is 1. The second-order valence-corrected chi connectivity index (χ2v) is 5.72. The number of hydrogen-bond acceptors (Lipinski definition) is 2. The first kappa shape index (κ1) is 14.5. The van der Waals surface area contributed by atoms with Crippen molar-refractivity contribution in [2.75, 3.05) is 14.2 Å². The summed E-state index contributed by atoms with van der Waals surface area (Å²) in [5, 5.41) is 3.48. The van der Waals surface area contributed by atoms with Gasteiger partial charge in [0.05, 0.1) is 12.1 Å². The summed E-state index contributed by atoms with van der Waals surface area (Å²) in [6.45, 7) is 2.19. The SMILES string of the molecule is CNC(c1ccccc1C)C(OC)C1CCCCC1. The maximum absolute atomic E-state index is 5.89. The molecule has 0 aliphatic heterocycles. The van der Waals surface area contributed by atoms with Crippen LogP contribution in [0, 0.1) is 12.8 Å². The molecule has 19 heavy (non-hydrogen) atoms. The fraction of sp³-hybridized carbons (Fsp3) is 0.647. The third-order valence-corrected chi connectivity index (χ3v) is 4.55. The van der Waals surface area contributed by atoms with E-state index < -0.39 is 0 Å². The number of nitrogens with one attached hydrogen (secondary N) is 1. The van der Waals surface area contributed by atoms with Crippen LogP contribution < -0.4 is 5.32 Å². The lowest BCUT2D eigenvalue weighted by molar-refractivity contribution is 0.00926. The fourth-order valence-electron chi connectivity index (χ4n) is 3.50. The van der Waals surface area contributed by atoms with E-state index in [0.29, 0.717) is 12.0 Å². The molecule has 1 N–H and O–H groups in total. The van der Waals surface area contributed by atoms with Crippen molar-refractivity contribution < 1.29 is 4.74 Å². The van der Waals surface area contributed by atoms with Crippen LogP contribution in [0.15, 0.2) is 24.3 Å². The van der Waals surface area contributed by atoms with Crippen molar-refractivity contribution in [2.24, 2.45) is 5.92 Å². The third-order valence-electron chi connectivity index (χ3n) is 4.55. The standard InChI is InChI=1S/C17H27NO/c1-13-9-7-8-12-15(13)16(18-2)17(19-3)14-10-5-4-6-11-14/h7-9,12,14,16-18H,4-6,10-11H2,1-3H3. The highest BCUT2D eigenvalue weighted by Gasteiger charge is 2.31. The minimum absolute atomic E-state index is 0.284. The molecule has 106 valence electrons. The molecule has 0 heterocycles. The van der Waals surface area contributed by atoms with Crippen molar-refractivity contribution >= 4 is 0 Å². The summed E-state index contributed by atoms with van der Waals surface area (Å²) < 4.78 is 5.89. The number of benzene rings is 1. The van der Waals surface area contributed by atoms with Crippen LogP contribution in [0.5, 0.6) is 0 Å². The monoisotopic (exact) mass is 261 g/mol. The normalized spacial score (nSPS) is 20.2. The Morgan fingerprint density at radius 1 is 1.16 bits per heavy atom.